The summed E-state index contributed by atoms with van der Waals surface area (Å²) in [6.07, 6.45) is 0. The van der Waals surface area contributed by atoms with Crippen LogP contribution in [0.15, 0.2) is 77.7 Å². The maximum atomic E-state index is 13.2. The molecule has 1 amide bonds. The first kappa shape index (κ1) is 20.3. The molecule has 8 heteroatoms. The minimum absolute atomic E-state index is 0.0793. The van der Waals surface area contributed by atoms with Crippen molar-refractivity contribution in [1.82, 2.24) is 0 Å². The lowest BCUT2D eigenvalue weighted by Crippen LogP contribution is -2.29. The molecule has 0 atom stereocenters. The van der Waals surface area contributed by atoms with Crippen molar-refractivity contribution >= 4 is 27.3 Å². The van der Waals surface area contributed by atoms with Crippen LogP contribution in [0, 0.1) is 5.82 Å². The Morgan fingerprint density at radius 1 is 1.00 bits per heavy atom. The fraction of sp³-hybridized carbons (Fsp3) is 0.0952. The molecule has 0 saturated carbocycles. The number of sulfonamides is 1. The molecule has 6 nitrogen and oxygen atoms in total. The van der Waals surface area contributed by atoms with E-state index in [4.69, 9.17) is 4.74 Å². The molecule has 150 valence electrons. The second-order valence-electron chi connectivity index (χ2n) is 6.13. The van der Waals surface area contributed by atoms with Gasteiger partial charge in [-0.1, -0.05) is 18.2 Å². The number of ether oxygens (including phenoxy) is 1. The number of anilines is 2. The monoisotopic (exact) mass is 414 g/mol. The van der Waals surface area contributed by atoms with E-state index in [2.05, 4.69) is 5.32 Å². The minimum atomic E-state index is -3.98. The molecule has 0 radical (unpaired) electrons. The van der Waals surface area contributed by atoms with E-state index in [9.17, 15) is 17.6 Å². The summed E-state index contributed by atoms with van der Waals surface area (Å²) in [4.78, 5) is 12.7. The summed E-state index contributed by atoms with van der Waals surface area (Å²) >= 11 is 0. The van der Waals surface area contributed by atoms with Crippen LogP contribution >= 0.6 is 0 Å². The second kappa shape index (κ2) is 8.32. The molecule has 0 heterocycles. The zero-order valence-corrected chi connectivity index (χ0v) is 16.6. The van der Waals surface area contributed by atoms with Gasteiger partial charge in [0.2, 0.25) is 0 Å². The summed E-state index contributed by atoms with van der Waals surface area (Å²) in [6, 6.07) is 17.7. The van der Waals surface area contributed by atoms with Crippen molar-refractivity contribution < 1.29 is 22.3 Å². The van der Waals surface area contributed by atoms with E-state index >= 15 is 0 Å². The average molecular weight is 414 g/mol. The quantitative estimate of drug-likeness (QED) is 0.664. The number of halogens is 1. The van der Waals surface area contributed by atoms with Crippen LogP contribution in [0.2, 0.25) is 0 Å². The highest BCUT2D eigenvalue weighted by Gasteiger charge is 2.25. The molecule has 3 aromatic carbocycles. The molecule has 0 saturated heterocycles. The third kappa shape index (κ3) is 4.38. The van der Waals surface area contributed by atoms with Crippen LogP contribution < -0.4 is 14.4 Å². The third-order valence-electron chi connectivity index (χ3n) is 4.29. The van der Waals surface area contributed by atoms with E-state index in [-0.39, 0.29) is 16.1 Å². The number of nitrogens with zero attached hydrogens (tertiary/aromatic N) is 1. The Bertz CT molecular complexity index is 1130. The number of methoxy groups -OCH3 is 1. The lowest BCUT2D eigenvalue weighted by atomic mass is 10.1. The van der Waals surface area contributed by atoms with Gasteiger partial charge in [0.05, 0.1) is 23.3 Å². The van der Waals surface area contributed by atoms with Crippen LogP contribution in [0.25, 0.3) is 0 Å². The van der Waals surface area contributed by atoms with E-state index in [1.54, 1.807) is 36.4 Å². The van der Waals surface area contributed by atoms with Crippen LogP contribution in [0.4, 0.5) is 15.8 Å². The van der Waals surface area contributed by atoms with E-state index < -0.39 is 21.7 Å². The summed E-state index contributed by atoms with van der Waals surface area (Å²) < 4.78 is 45.1. The molecule has 3 aromatic rings. The predicted molar refractivity (Wildman–Crippen MR) is 109 cm³/mol. The Labute approximate surface area is 168 Å². The van der Waals surface area contributed by atoms with Gasteiger partial charge in [0.1, 0.15) is 11.6 Å². The van der Waals surface area contributed by atoms with Gasteiger partial charge in [0, 0.05) is 18.8 Å². The number of para-hydroxylation sites is 1. The lowest BCUT2D eigenvalue weighted by molar-refractivity contribution is 0.102. The SMILES string of the molecule is COc1cccc(NC(=O)c2ccccc2N(C)S(=O)(=O)c2ccc(F)cc2)c1. The first-order valence-corrected chi connectivity index (χ1v) is 10.1. The van der Waals surface area contributed by atoms with Gasteiger partial charge >= 0.3 is 0 Å². The average Bonchev–Trinajstić information content (AvgIpc) is 2.73. The molecule has 1 N–H and O–H groups in total. The number of amides is 1. The molecule has 0 aromatic heterocycles. The van der Waals surface area contributed by atoms with E-state index in [0.29, 0.717) is 11.4 Å². The number of benzene rings is 3. The number of nitrogens with one attached hydrogen (secondary N) is 1. The molecular formula is C21H19FN2O4S. The highest BCUT2D eigenvalue weighted by molar-refractivity contribution is 7.92. The fourth-order valence-electron chi connectivity index (χ4n) is 2.73. The van der Waals surface area contributed by atoms with E-state index in [1.165, 1.54) is 38.4 Å². The Morgan fingerprint density at radius 3 is 2.38 bits per heavy atom. The van der Waals surface area contributed by atoms with Crippen molar-refractivity contribution in [2.45, 2.75) is 4.90 Å². The summed E-state index contributed by atoms with van der Waals surface area (Å²) in [5, 5.41) is 2.74. The molecular weight excluding hydrogens is 395 g/mol. The topological polar surface area (TPSA) is 75.7 Å². The van der Waals surface area contributed by atoms with Crippen molar-refractivity contribution in [1.29, 1.82) is 0 Å². The van der Waals surface area contributed by atoms with Crippen LogP contribution in [0.5, 0.6) is 5.75 Å². The van der Waals surface area contributed by atoms with Gasteiger partial charge in [-0.15, -0.1) is 0 Å². The first-order chi connectivity index (χ1) is 13.8. The number of rotatable bonds is 6. The maximum absolute atomic E-state index is 13.2. The minimum Gasteiger partial charge on any atom is -0.497 e. The summed E-state index contributed by atoms with van der Waals surface area (Å²) in [7, 11) is -1.12. The zero-order chi connectivity index (χ0) is 21.0. The van der Waals surface area contributed by atoms with Crippen molar-refractivity contribution in [3.05, 3.63) is 84.2 Å². The summed E-state index contributed by atoms with van der Waals surface area (Å²) in [5.41, 5.74) is 0.869. The van der Waals surface area contributed by atoms with Crippen LogP contribution in [-0.4, -0.2) is 28.5 Å². The molecule has 0 fully saturated rings. The number of carbonyl (C=O) groups excluding carboxylic acids is 1. The van der Waals surface area contributed by atoms with Crippen molar-refractivity contribution in [2.24, 2.45) is 0 Å². The Kier molecular flexibility index (Phi) is 5.84. The molecule has 0 unspecified atom stereocenters. The smallest absolute Gasteiger partial charge is 0.264 e. The van der Waals surface area contributed by atoms with Gasteiger partial charge in [0.25, 0.3) is 15.9 Å². The van der Waals surface area contributed by atoms with Gasteiger partial charge in [0.15, 0.2) is 0 Å². The normalized spacial score (nSPS) is 11.0. The lowest BCUT2D eigenvalue weighted by Gasteiger charge is -2.22. The van der Waals surface area contributed by atoms with E-state index in [1.807, 2.05) is 0 Å². The van der Waals surface area contributed by atoms with E-state index in [0.717, 1.165) is 16.4 Å². The highest BCUT2D eigenvalue weighted by atomic mass is 32.2. The van der Waals surface area contributed by atoms with Crippen molar-refractivity contribution in [3.63, 3.8) is 0 Å². The molecule has 0 spiro atoms. The number of hydrogen-bond donors (Lipinski definition) is 1. The Hall–Kier alpha value is -3.39. The third-order valence-corrected chi connectivity index (χ3v) is 6.07. The molecule has 0 aliphatic carbocycles. The largest absolute Gasteiger partial charge is 0.497 e. The number of carbonyl (C=O) groups is 1. The summed E-state index contributed by atoms with van der Waals surface area (Å²) in [6.45, 7) is 0. The molecule has 0 aliphatic rings. The zero-order valence-electron chi connectivity index (χ0n) is 15.8. The van der Waals surface area contributed by atoms with Crippen LogP contribution in [-0.2, 0) is 10.0 Å². The van der Waals surface area contributed by atoms with Crippen LogP contribution in [0.1, 0.15) is 10.4 Å². The molecule has 0 aliphatic heterocycles. The van der Waals surface area contributed by atoms with Gasteiger partial charge < -0.3 is 10.1 Å². The first-order valence-electron chi connectivity index (χ1n) is 8.62. The molecule has 0 bridgehead atoms. The maximum Gasteiger partial charge on any atom is 0.264 e. The standard InChI is InChI=1S/C21H19FN2O4S/c1-24(29(26,27)18-12-10-15(22)11-13-18)20-9-4-3-8-19(20)21(25)23-16-6-5-7-17(14-16)28-2/h3-14H,1-2H3,(H,23,25). The number of hydrogen-bond acceptors (Lipinski definition) is 4. The molecule has 3 rings (SSSR count). The van der Waals surface area contributed by atoms with Crippen LogP contribution in [0.3, 0.4) is 0 Å². The van der Waals surface area contributed by atoms with Gasteiger partial charge in [-0.25, -0.2) is 12.8 Å². The Morgan fingerprint density at radius 2 is 1.69 bits per heavy atom. The molecule has 29 heavy (non-hydrogen) atoms. The van der Waals surface area contributed by atoms with Crippen molar-refractivity contribution in [2.75, 3.05) is 23.8 Å². The highest BCUT2D eigenvalue weighted by Crippen LogP contribution is 2.27. The summed E-state index contributed by atoms with van der Waals surface area (Å²) in [5.74, 6) is -0.438. The van der Waals surface area contributed by atoms with Gasteiger partial charge in [-0.3, -0.25) is 9.10 Å². The predicted octanol–water partition coefficient (Wildman–Crippen LogP) is 3.91. The van der Waals surface area contributed by atoms with Gasteiger partial charge in [-0.05, 0) is 48.5 Å². The van der Waals surface area contributed by atoms with Crippen molar-refractivity contribution in [3.8, 4) is 5.75 Å². The fourth-order valence-corrected chi connectivity index (χ4v) is 3.95. The van der Waals surface area contributed by atoms with Gasteiger partial charge in [-0.2, -0.15) is 0 Å². The Balaban J connectivity index is 1.93. The second-order valence-corrected chi connectivity index (χ2v) is 8.10.